The number of ether oxygens (including phenoxy) is 1. The van der Waals surface area contributed by atoms with Crippen LogP contribution in [0.1, 0.15) is 23.7 Å². The number of rotatable bonds is 5. The summed E-state index contributed by atoms with van der Waals surface area (Å²) >= 11 is 0. The molecule has 12 heteroatoms. The van der Waals surface area contributed by atoms with Crippen molar-refractivity contribution in [1.29, 1.82) is 0 Å². The van der Waals surface area contributed by atoms with Gasteiger partial charge in [-0.2, -0.15) is 0 Å². The summed E-state index contributed by atoms with van der Waals surface area (Å²) in [6.45, 7) is 2.05. The fourth-order valence-corrected chi connectivity index (χ4v) is 3.65. The molecule has 0 aliphatic carbocycles. The van der Waals surface area contributed by atoms with Crippen LogP contribution in [0, 0.1) is 0 Å². The van der Waals surface area contributed by atoms with Crippen LogP contribution < -0.4 is 32.2 Å². The minimum Gasteiger partial charge on any atom is -0.406 e. The van der Waals surface area contributed by atoms with Gasteiger partial charge in [0.25, 0.3) is 5.91 Å². The molecule has 0 aromatic heterocycles. The van der Waals surface area contributed by atoms with Gasteiger partial charge in [0.2, 0.25) is 0 Å². The summed E-state index contributed by atoms with van der Waals surface area (Å²) < 4.78 is 41.0. The van der Waals surface area contributed by atoms with Gasteiger partial charge in [-0.3, -0.25) is 10.1 Å². The van der Waals surface area contributed by atoms with Crippen molar-refractivity contribution < 1.29 is 27.8 Å². The van der Waals surface area contributed by atoms with Gasteiger partial charge in [-0.05, 0) is 24.6 Å². The Kier molecular flexibility index (Phi) is 5.61. The molecule has 29 heavy (non-hydrogen) atoms. The number of benzene rings is 1. The lowest BCUT2D eigenvalue weighted by atomic mass is 9.89. The third-order valence-corrected chi connectivity index (χ3v) is 5.06. The number of carbonyl (C=O) groups is 1. The van der Waals surface area contributed by atoms with Gasteiger partial charge in [0.05, 0.1) is 6.04 Å². The molecule has 1 amide bonds. The number of alkyl halides is 3. The Hall–Kier alpha value is -2.57. The number of nitrogens with one attached hydrogen (secondary N) is 3. The molecular formula is C17H23F3N6O3. The maximum absolute atomic E-state index is 12.5. The van der Waals surface area contributed by atoms with E-state index in [9.17, 15) is 23.1 Å². The van der Waals surface area contributed by atoms with Crippen LogP contribution >= 0.6 is 0 Å². The zero-order valence-electron chi connectivity index (χ0n) is 15.5. The summed E-state index contributed by atoms with van der Waals surface area (Å²) in [5.41, 5.74) is 10.7. The molecule has 1 aromatic rings. The van der Waals surface area contributed by atoms with Gasteiger partial charge in [0.1, 0.15) is 23.6 Å². The summed E-state index contributed by atoms with van der Waals surface area (Å²) in [6, 6.07) is 2.96. The zero-order chi connectivity index (χ0) is 21.4. The average Bonchev–Trinajstić information content (AvgIpc) is 3.14. The van der Waals surface area contributed by atoms with Crippen molar-refractivity contribution in [2.45, 2.75) is 49.6 Å². The highest BCUT2D eigenvalue weighted by Gasteiger charge is 2.57. The molecule has 1 aromatic carbocycles. The maximum Gasteiger partial charge on any atom is 0.573 e. The summed E-state index contributed by atoms with van der Waals surface area (Å²) in [5, 5.41) is 19.5. The lowest BCUT2D eigenvalue weighted by Gasteiger charge is -2.37. The third kappa shape index (κ3) is 4.23. The number of nitrogens with two attached hydrogens (primary N) is 2. The van der Waals surface area contributed by atoms with Crippen LogP contribution in [0.2, 0.25) is 0 Å². The topological polar surface area (TPSA) is 147 Å². The number of carbonyl (C=O) groups excluding carboxylic acids is 1. The number of halogens is 3. The molecule has 2 heterocycles. The number of aliphatic hydroxyl groups excluding tert-OH is 1. The fourth-order valence-electron chi connectivity index (χ4n) is 3.65. The molecule has 1 fully saturated rings. The number of aliphatic hydroxyl groups is 1. The van der Waals surface area contributed by atoms with Gasteiger partial charge in [-0.25, -0.2) is 4.99 Å². The first-order valence-corrected chi connectivity index (χ1v) is 9.02. The van der Waals surface area contributed by atoms with Crippen molar-refractivity contribution in [3.05, 3.63) is 29.8 Å². The Bertz CT molecular complexity index is 805. The highest BCUT2D eigenvalue weighted by atomic mass is 19.4. The molecule has 2 aliphatic rings. The van der Waals surface area contributed by atoms with Crippen LogP contribution in [0.3, 0.4) is 0 Å². The van der Waals surface area contributed by atoms with Crippen LogP contribution in [-0.2, 0) is 0 Å². The molecule has 3 unspecified atom stereocenters. The predicted molar refractivity (Wildman–Crippen MR) is 97.9 cm³/mol. The fraction of sp³-hybridized carbons (Fsp3) is 0.529. The highest BCUT2D eigenvalue weighted by Crippen LogP contribution is 2.30. The Labute approximate surface area is 164 Å². The number of amides is 1. The van der Waals surface area contributed by atoms with Crippen molar-refractivity contribution in [1.82, 2.24) is 16.0 Å². The SMILES string of the molecule is CCC(N)C1N=C(N)NC12NC[C@H](NC(=O)c1cccc(OC(F)(F)F)c1)[C@H]2O. The molecular weight excluding hydrogens is 393 g/mol. The first-order valence-electron chi connectivity index (χ1n) is 9.02. The average molecular weight is 416 g/mol. The molecule has 0 bridgehead atoms. The second kappa shape index (κ2) is 7.69. The minimum absolute atomic E-state index is 0.0446. The van der Waals surface area contributed by atoms with Gasteiger partial charge in [-0.1, -0.05) is 13.0 Å². The molecule has 3 rings (SSSR count). The van der Waals surface area contributed by atoms with E-state index in [1.807, 2.05) is 6.92 Å². The van der Waals surface area contributed by atoms with Gasteiger partial charge in [0, 0.05) is 18.2 Å². The molecule has 9 nitrogen and oxygen atoms in total. The Balaban J connectivity index is 1.72. The van der Waals surface area contributed by atoms with E-state index in [0.717, 1.165) is 12.1 Å². The highest BCUT2D eigenvalue weighted by molar-refractivity contribution is 5.95. The third-order valence-electron chi connectivity index (χ3n) is 5.06. The van der Waals surface area contributed by atoms with Crippen molar-refractivity contribution in [2.24, 2.45) is 16.5 Å². The molecule has 2 aliphatic heterocycles. The van der Waals surface area contributed by atoms with E-state index < -0.39 is 47.9 Å². The van der Waals surface area contributed by atoms with Gasteiger partial charge >= 0.3 is 6.36 Å². The van der Waals surface area contributed by atoms with Crippen LogP contribution in [0.5, 0.6) is 5.75 Å². The normalized spacial score (nSPS) is 30.0. The summed E-state index contributed by atoms with van der Waals surface area (Å²) in [4.78, 5) is 16.8. The summed E-state index contributed by atoms with van der Waals surface area (Å²) in [5.74, 6) is -1.06. The van der Waals surface area contributed by atoms with Crippen molar-refractivity contribution in [2.75, 3.05) is 6.54 Å². The second-order valence-corrected chi connectivity index (χ2v) is 7.01. The van der Waals surface area contributed by atoms with Crippen molar-refractivity contribution in [3.8, 4) is 5.75 Å². The van der Waals surface area contributed by atoms with E-state index in [-0.39, 0.29) is 18.1 Å². The molecule has 8 N–H and O–H groups in total. The van der Waals surface area contributed by atoms with Gasteiger partial charge in [0.15, 0.2) is 5.96 Å². The smallest absolute Gasteiger partial charge is 0.406 e. The van der Waals surface area contributed by atoms with E-state index in [2.05, 4.69) is 25.7 Å². The standard InChI is InChI=1S/C17H23F3N6O3/c1-2-10(21)12-16(26-15(22)25-12)13(27)11(7-23-16)24-14(28)8-4-3-5-9(6-8)29-17(18,19)20/h3-6,10-13,23,27H,2,7,21H2,1H3,(H,24,28)(H3,22,25,26)/t10?,11-,12?,13+,16?/m0/s1. The van der Waals surface area contributed by atoms with Gasteiger partial charge < -0.3 is 31.9 Å². The summed E-state index contributed by atoms with van der Waals surface area (Å²) in [7, 11) is 0. The van der Waals surface area contributed by atoms with E-state index in [1.165, 1.54) is 12.1 Å². The molecule has 160 valence electrons. The lowest BCUT2D eigenvalue weighted by molar-refractivity contribution is -0.274. The number of guanidine groups is 1. The lowest BCUT2D eigenvalue weighted by Crippen LogP contribution is -2.69. The minimum atomic E-state index is -4.87. The zero-order valence-corrected chi connectivity index (χ0v) is 15.5. The monoisotopic (exact) mass is 416 g/mol. The van der Waals surface area contributed by atoms with Crippen LogP contribution in [0.25, 0.3) is 0 Å². The van der Waals surface area contributed by atoms with Crippen LogP contribution in [0.4, 0.5) is 13.2 Å². The van der Waals surface area contributed by atoms with Gasteiger partial charge in [-0.15, -0.1) is 13.2 Å². The van der Waals surface area contributed by atoms with Crippen molar-refractivity contribution in [3.63, 3.8) is 0 Å². The molecule has 1 saturated heterocycles. The van der Waals surface area contributed by atoms with E-state index >= 15 is 0 Å². The Morgan fingerprint density at radius 3 is 2.90 bits per heavy atom. The number of hydrogen-bond acceptors (Lipinski definition) is 8. The van der Waals surface area contributed by atoms with Crippen molar-refractivity contribution >= 4 is 11.9 Å². The molecule has 1 spiro atoms. The summed E-state index contributed by atoms with van der Waals surface area (Å²) in [6.07, 6.45) is -5.43. The largest absolute Gasteiger partial charge is 0.573 e. The first kappa shape index (κ1) is 21.1. The van der Waals surface area contributed by atoms with E-state index in [4.69, 9.17) is 11.5 Å². The second-order valence-electron chi connectivity index (χ2n) is 7.01. The first-order chi connectivity index (χ1) is 13.6. The van der Waals surface area contributed by atoms with E-state index in [0.29, 0.717) is 6.42 Å². The number of aliphatic imine (C=N–C) groups is 1. The van der Waals surface area contributed by atoms with Crippen LogP contribution in [-0.4, -0.2) is 59.8 Å². The molecule has 0 radical (unpaired) electrons. The maximum atomic E-state index is 12.5. The predicted octanol–water partition coefficient (Wildman–Crippen LogP) is -0.632. The van der Waals surface area contributed by atoms with Crippen LogP contribution in [0.15, 0.2) is 29.3 Å². The number of nitrogens with zero attached hydrogens (tertiary/aromatic N) is 1. The Morgan fingerprint density at radius 1 is 1.52 bits per heavy atom. The number of hydrogen-bond donors (Lipinski definition) is 6. The molecule has 5 atom stereocenters. The Morgan fingerprint density at radius 2 is 2.24 bits per heavy atom. The van der Waals surface area contributed by atoms with E-state index in [1.54, 1.807) is 0 Å². The molecule has 0 saturated carbocycles. The quantitative estimate of drug-likeness (QED) is 0.374.